The molecule has 3 heteroatoms. The highest BCUT2D eigenvalue weighted by atomic mass is 16.5. The molecule has 1 atom stereocenters. The van der Waals surface area contributed by atoms with Crippen molar-refractivity contribution in [1.29, 1.82) is 0 Å². The molecular formula is C11H24N2O. The SMILES string of the molecule is CCOC1CC(CCNC(C)CN)C1. The van der Waals surface area contributed by atoms with E-state index < -0.39 is 0 Å². The summed E-state index contributed by atoms with van der Waals surface area (Å²) in [5, 5.41) is 3.41. The van der Waals surface area contributed by atoms with Crippen molar-refractivity contribution in [2.75, 3.05) is 19.7 Å². The largest absolute Gasteiger partial charge is 0.378 e. The van der Waals surface area contributed by atoms with Crippen LogP contribution in [0.15, 0.2) is 0 Å². The second kappa shape index (κ2) is 6.38. The van der Waals surface area contributed by atoms with Crippen LogP contribution < -0.4 is 11.1 Å². The Labute approximate surface area is 87.4 Å². The molecule has 0 bridgehead atoms. The lowest BCUT2D eigenvalue weighted by molar-refractivity contribution is -0.0264. The summed E-state index contributed by atoms with van der Waals surface area (Å²) in [5.74, 6) is 0.879. The number of rotatable bonds is 7. The van der Waals surface area contributed by atoms with Crippen molar-refractivity contribution in [2.24, 2.45) is 11.7 Å². The van der Waals surface area contributed by atoms with E-state index in [0.717, 1.165) is 25.6 Å². The monoisotopic (exact) mass is 200 g/mol. The normalized spacial score (nSPS) is 28.5. The Morgan fingerprint density at radius 3 is 2.79 bits per heavy atom. The molecular weight excluding hydrogens is 176 g/mol. The maximum Gasteiger partial charge on any atom is 0.0580 e. The van der Waals surface area contributed by atoms with Crippen LogP contribution in [0.2, 0.25) is 0 Å². The smallest absolute Gasteiger partial charge is 0.0580 e. The van der Waals surface area contributed by atoms with Gasteiger partial charge in [-0.3, -0.25) is 0 Å². The quantitative estimate of drug-likeness (QED) is 0.647. The predicted octanol–water partition coefficient (Wildman–Crippen LogP) is 1.13. The third kappa shape index (κ3) is 3.95. The van der Waals surface area contributed by atoms with Gasteiger partial charge >= 0.3 is 0 Å². The summed E-state index contributed by atoms with van der Waals surface area (Å²) in [6.07, 6.45) is 4.34. The van der Waals surface area contributed by atoms with Gasteiger partial charge < -0.3 is 15.8 Å². The van der Waals surface area contributed by atoms with Crippen LogP contribution in [0.5, 0.6) is 0 Å². The fraction of sp³-hybridized carbons (Fsp3) is 1.00. The van der Waals surface area contributed by atoms with Crippen LogP contribution in [0.4, 0.5) is 0 Å². The molecule has 0 radical (unpaired) electrons. The van der Waals surface area contributed by atoms with Crippen LogP contribution in [0.1, 0.15) is 33.1 Å². The molecule has 1 unspecified atom stereocenters. The average Bonchev–Trinajstić information content (AvgIpc) is 2.13. The molecule has 3 nitrogen and oxygen atoms in total. The number of nitrogens with two attached hydrogens (primary N) is 1. The third-order valence-corrected chi connectivity index (χ3v) is 2.99. The summed E-state index contributed by atoms with van der Waals surface area (Å²) < 4.78 is 5.52. The molecule has 0 aromatic heterocycles. The molecule has 1 aliphatic carbocycles. The van der Waals surface area contributed by atoms with E-state index in [0.29, 0.717) is 12.1 Å². The molecule has 14 heavy (non-hydrogen) atoms. The Bertz CT molecular complexity index is 146. The summed E-state index contributed by atoms with van der Waals surface area (Å²) in [6.45, 7) is 6.88. The van der Waals surface area contributed by atoms with E-state index in [1.54, 1.807) is 0 Å². The van der Waals surface area contributed by atoms with E-state index in [2.05, 4.69) is 19.2 Å². The fourth-order valence-electron chi connectivity index (χ4n) is 1.90. The van der Waals surface area contributed by atoms with Crippen molar-refractivity contribution < 1.29 is 4.74 Å². The van der Waals surface area contributed by atoms with Gasteiger partial charge in [0.15, 0.2) is 0 Å². The lowest BCUT2D eigenvalue weighted by Gasteiger charge is -2.35. The first-order valence-electron chi connectivity index (χ1n) is 5.81. The molecule has 3 N–H and O–H groups in total. The van der Waals surface area contributed by atoms with E-state index in [4.69, 9.17) is 10.5 Å². The molecule has 0 heterocycles. The molecule has 1 fully saturated rings. The zero-order valence-electron chi connectivity index (χ0n) is 9.46. The zero-order chi connectivity index (χ0) is 10.4. The Morgan fingerprint density at radius 2 is 2.21 bits per heavy atom. The summed E-state index contributed by atoms with van der Waals surface area (Å²) in [5.41, 5.74) is 5.51. The number of nitrogens with one attached hydrogen (secondary N) is 1. The van der Waals surface area contributed by atoms with E-state index in [-0.39, 0.29) is 0 Å². The summed E-state index contributed by atoms with van der Waals surface area (Å²) >= 11 is 0. The van der Waals surface area contributed by atoms with Gasteiger partial charge in [0, 0.05) is 19.2 Å². The van der Waals surface area contributed by atoms with E-state index in [9.17, 15) is 0 Å². The van der Waals surface area contributed by atoms with Crippen LogP contribution in [-0.4, -0.2) is 31.8 Å². The standard InChI is InChI=1S/C11H24N2O/c1-3-14-11-6-10(7-11)4-5-13-9(2)8-12/h9-11,13H,3-8,12H2,1-2H3. The van der Waals surface area contributed by atoms with Crippen molar-refractivity contribution in [1.82, 2.24) is 5.32 Å². The van der Waals surface area contributed by atoms with Crippen molar-refractivity contribution in [3.63, 3.8) is 0 Å². The van der Waals surface area contributed by atoms with Crippen molar-refractivity contribution in [3.8, 4) is 0 Å². The molecule has 0 amide bonds. The molecule has 1 saturated carbocycles. The summed E-state index contributed by atoms with van der Waals surface area (Å²) in [6, 6.07) is 0.456. The average molecular weight is 200 g/mol. The zero-order valence-corrected chi connectivity index (χ0v) is 9.46. The topological polar surface area (TPSA) is 47.3 Å². The Hall–Kier alpha value is -0.120. The molecule has 0 spiro atoms. The Morgan fingerprint density at radius 1 is 1.50 bits per heavy atom. The fourth-order valence-corrected chi connectivity index (χ4v) is 1.90. The lowest BCUT2D eigenvalue weighted by Crippen LogP contribution is -2.37. The van der Waals surface area contributed by atoms with E-state index >= 15 is 0 Å². The highest BCUT2D eigenvalue weighted by Crippen LogP contribution is 2.32. The Balaban J connectivity index is 1.90. The minimum absolute atomic E-state index is 0.456. The molecule has 1 aliphatic rings. The molecule has 0 aromatic carbocycles. The minimum Gasteiger partial charge on any atom is -0.378 e. The van der Waals surface area contributed by atoms with Crippen LogP contribution in [0.25, 0.3) is 0 Å². The van der Waals surface area contributed by atoms with Gasteiger partial charge in [0.05, 0.1) is 6.10 Å². The van der Waals surface area contributed by atoms with Gasteiger partial charge in [-0.1, -0.05) is 0 Å². The lowest BCUT2D eigenvalue weighted by atomic mass is 9.80. The van der Waals surface area contributed by atoms with Gasteiger partial charge in [-0.25, -0.2) is 0 Å². The summed E-state index contributed by atoms with van der Waals surface area (Å²) in [4.78, 5) is 0. The highest BCUT2D eigenvalue weighted by molar-refractivity contribution is 4.80. The number of ether oxygens (including phenoxy) is 1. The van der Waals surface area contributed by atoms with Gasteiger partial charge in [-0.2, -0.15) is 0 Å². The summed E-state index contributed by atoms with van der Waals surface area (Å²) in [7, 11) is 0. The molecule has 1 rings (SSSR count). The van der Waals surface area contributed by atoms with E-state index in [1.807, 2.05) is 0 Å². The Kier molecular flexibility index (Phi) is 5.45. The molecule has 84 valence electrons. The van der Waals surface area contributed by atoms with Crippen LogP contribution in [-0.2, 0) is 4.74 Å². The van der Waals surface area contributed by atoms with Gasteiger partial charge in [0.1, 0.15) is 0 Å². The highest BCUT2D eigenvalue weighted by Gasteiger charge is 2.28. The first-order valence-corrected chi connectivity index (χ1v) is 5.81. The first-order chi connectivity index (χ1) is 6.76. The molecule has 0 aromatic rings. The van der Waals surface area contributed by atoms with Crippen LogP contribution in [0, 0.1) is 5.92 Å². The van der Waals surface area contributed by atoms with Crippen LogP contribution in [0.3, 0.4) is 0 Å². The van der Waals surface area contributed by atoms with Crippen molar-refractivity contribution in [3.05, 3.63) is 0 Å². The van der Waals surface area contributed by atoms with Crippen LogP contribution >= 0.6 is 0 Å². The molecule has 0 saturated heterocycles. The van der Waals surface area contributed by atoms with Crippen molar-refractivity contribution in [2.45, 2.75) is 45.3 Å². The van der Waals surface area contributed by atoms with Crippen molar-refractivity contribution >= 4 is 0 Å². The van der Waals surface area contributed by atoms with Gasteiger partial charge in [0.2, 0.25) is 0 Å². The maximum atomic E-state index is 5.52. The number of hydrogen-bond acceptors (Lipinski definition) is 3. The second-order valence-electron chi connectivity index (χ2n) is 4.29. The predicted molar refractivity (Wildman–Crippen MR) is 59.3 cm³/mol. The van der Waals surface area contributed by atoms with Gasteiger partial charge in [-0.15, -0.1) is 0 Å². The van der Waals surface area contributed by atoms with E-state index in [1.165, 1.54) is 19.3 Å². The minimum atomic E-state index is 0.456. The molecule has 0 aliphatic heterocycles. The number of hydrogen-bond donors (Lipinski definition) is 2. The van der Waals surface area contributed by atoms with Gasteiger partial charge in [-0.05, 0) is 45.6 Å². The third-order valence-electron chi connectivity index (χ3n) is 2.99. The maximum absolute atomic E-state index is 5.52. The van der Waals surface area contributed by atoms with Gasteiger partial charge in [0.25, 0.3) is 0 Å². The first kappa shape index (κ1) is 12.0. The second-order valence-corrected chi connectivity index (χ2v) is 4.29.